The van der Waals surface area contributed by atoms with Gasteiger partial charge in [-0.25, -0.2) is 8.78 Å². The van der Waals surface area contributed by atoms with Gasteiger partial charge in [0.25, 0.3) is 0 Å². The summed E-state index contributed by atoms with van der Waals surface area (Å²) in [6, 6.07) is 7.82. The Kier molecular flexibility index (Phi) is 3.32. The second-order valence-corrected chi connectivity index (χ2v) is 3.58. The Morgan fingerprint density at radius 1 is 1.00 bits per heavy atom. The number of nitrogens with two attached hydrogens (primary N) is 1. The summed E-state index contributed by atoms with van der Waals surface area (Å²) in [6.07, 6.45) is 0. The van der Waals surface area contributed by atoms with Crippen LogP contribution in [0, 0.1) is 11.6 Å². The van der Waals surface area contributed by atoms with Crippen LogP contribution < -0.4 is 15.2 Å². The van der Waals surface area contributed by atoms with Crippen LogP contribution in [-0.2, 0) is 0 Å². The standard InChI is InChI=1S/C13H11F2NO2/c1-17-11-3-2-4-12(13(11)16)18-10-6-8(14)5-9(15)7-10/h2-7H,16H2,1H3. The lowest BCUT2D eigenvalue weighted by Crippen LogP contribution is -1.96. The van der Waals surface area contributed by atoms with E-state index >= 15 is 0 Å². The van der Waals surface area contributed by atoms with Gasteiger partial charge in [0, 0.05) is 18.2 Å². The highest BCUT2D eigenvalue weighted by molar-refractivity contribution is 5.63. The van der Waals surface area contributed by atoms with Gasteiger partial charge < -0.3 is 15.2 Å². The van der Waals surface area contributed by atoms with E-state index in [-0.39, 0.29) is 17.2 Å². The highest BCUT2D eigenvalue weighted by Gasteiger charge is 2.08. The molecule has 0 saturated heterocycles. The minimum Gasteiger partial charge on any atom is -0.494 e. The number of halogens is 2. The molecule has 0 spiro atoms. The van der Waals surface area contributed by atoms with Crippen LogP contribution in [0.2, 0.25) is 0 Å². The maximum Gasteiger partial charge on any atom is 0.154 e. The van der Waals surface area contributed by atoms with Crippen LogP contribution in [0.1, 0.15) is 0 Å². The number of ether oxygens (including phenoxy) is 2. The summed E-state index contributed by atoms with van der Waals surface area (Å²) in [5.41, 5.74) is 6.05. The van der Waals surface area contributed by atoms with E-state index in [9.17, 15) is 8.78 Å². The topological polar surface area (TPSA) is 44.5 Å². The SMILES string of the molecule is COc1cccc(Oc2cc(F)cc(F)c2)c1N. The smallest absolute Gasteiger partial charge is 0.154 e. The molecule has 0 aliphatic heterocycles. The largest absolute Gasteiger partial charge is 0.494 e. The van der Waals surface area contributed by atoms with Crippen molar-refractivity contribution in [3.8, 4) is 17.2 Å². The van der Waals surface area contributed by atoms with Gasteiger partial charge in [-0.3, -0.25) is 0 Å². The van der Waals surface area contributed by atoms with Gasteiger partial charge >= 0.3 is 0 Å². The second kappa shape index (κ2) is 4.91. The first kappa shape index (κ1) is 12.2. The molecule has 0 atom stereocenters. The van der Waals surface area contributed by atoms with Gasteiger partial charge in [-0.15, -0.1) is 0 Å². The van der Waals surface area contributed by atoms with Crippen molar-refractivity contribution in [3.05, 3.63) is 48.0 Å². The van der Waals surface area contributed by atoms with Crippen molar-refractivity contribution < 1.29 is 18.3 Å². The summed E-state index contributed by atoms with van der Waals surface area (Å²) in [5, 5.41) is 0. The molecule has 0 radical (unpaired) electrons. The molecule has 0 aliphatic rings. The number of nitrogen functional groups attached to an aromatic ring is 1. The lowest BCUT2D eigenvalue weighted by Gasteiger charge is -2.11. The van der Waals surface area contributed by atoms with Crippen molar-refractivity contribution in [1.29, 1.82) is 0 Å². The maximum atomic E-state index is 13.0. The molecule has 0 aliphatic carbocycles. The third-order valence-electron chi connectivity index (χ3n) is 2.31. The zero-order valence-corrected chi connectivity index (χ0v) is 9.61. The number of methoxy groups -OCH3 is 1. The normalized spacial score (nSPS) is 10.2. The fraction of sp³-hybridized carbons (Fsp3) is 0.0769. The third kappa shape index (κ3) is 2.51. The van der Waals surface area contributed by atoms with E-state index in [1.165, 1.54) is 7.11 Å². The highest BCUT2D eigenvalue weighted by Crippen LogP contribution is 2.34. The number of para-hydroxylation sites is 1. The molecule has 0 bridgehead atoms. The molecule has 0 unspecified atom stereocenters. The van der Waals surface area contributed by atoms with E-state index in [1.54, 1.807) is 18.2 Å². The van der Waals surface area contributed by atoms with Crippen molar-refractivity contribution in [2.45, 2.75) is 0 Å². The first-order valence-corrected chi connectivity index (χ1v) is 5.16. The van der Waals surface area contributed by atoms with Gasteiger partial charge in [0.1, 0.15) is 28.8 Å². The highest BCUT2D eigenvalue weighted by atomic mass is 19.1. The van der Waals surface area contributed by atoms with Gasteiger partial charge in [-0.1, -0.05) is 6.07 Å². The average Bonchev–Trinajstić information content (AvgIpc) is 2.30. The fourth-order valence-electron chi connectivity index (χ4n) is 1.51. The number of hydrogen-bond acceptors (Lipinski definition) is 3. The summed E-state index contributed by atoms with van der Waals surface area (Å²) in [5.74, 6) is -0.686. The Morgan fingerprint density at radius 2 is 1.61 bits per heavy atom. The lowest BCUT2D eigenvalue weighted by atomic mass is 10.2. The minimum absolute atomic E-state index is 0.0347. The molecule has 2 rings (SSSR count). The first-order valence-electron chi connectivity index (χ1n) is 5.16. The second-order valence-electron chi connectivity index (χ2n) is 3.58. The molecule has 0 heterocycles. The Bertz CT molecular complexity index is 553. The van der Waals surface area contributed by atoms with Crippen LogP contribution in [0.25, 0.3) is 0 Å². The molecule has 0 aromatic heterocycles. The summed E-state index contributed by atoms with van der Waals surface area (Å²) in [4.78, 5) is 0. The molecule has 0 saturated carbocycles. The number of benzene rings is 2. The first-order chi connectivity index (χ1) is 8.60. The Balaban J connectivity index is 2.34. The van der Waals surface area contributed by atoms with E-state index in [2.05, 4.69) is 0 Å². The van der Waals surface area contributed by atoms with Crippen molar-refractivity contribution in [3.63, 3.8) is 0 Å². The predicted molar refractivity (Wildman–Crippen MR) is 63.8 cm³/mol. The van der Waals surface area contributed by atoms with Crippen molar-refractivity contribution >= 4 is 5.69 Å². The van der Waals surface area contributed by atoms with Crippen LogP contribution in [0.15, 0.2) is 36.4 Å². The zero-order valence-electron chi connectivity index (χ0n) is 9.61. The van der Waals surface area contributed by atoms with Crippen LogP contribution in [-0.4, -0.2) is 7.11 Å². The molecule has 2 aromatic carbocycles. The summed E-state index contributed by atoms with van der Waals surface area (Å²) >= 11 is 0. The molecule has 2 aromatic rings. The zero-order chi connectivity index (χ0) is 13.1. The number of hydrogen-bond donors (Lipinski definition) is 1. The average molecular weight is 251 g/mol. The molecular weight excluding hydrogens is 240 g/mol. The molecule has 18 heavy (non-hydrogen) atoms. The molecule has 3 nitrogen and oxygen atoms in total. The van der Waals surface area contributed by atoms with E-state index in [0.29, 0.717) is 5.75 Å². The Hall–Kier alpha value is -2.30. The summed E-state index contributed by atoms with van der Waals surface area (Å²) < 4.78 is 36.3. The van der Waals surface area contributed by atoms with Crippen LogP contribution in [0.5, 0.6) is 17.2 Å². The monoisotopic (exact) mass is 251 g/mol. The van der Waals surface area contributed by atoms with Crippen molar-refractivity contribution in [2.24, 2.45) is 0 Å². The lowest BCUT2D eigenvalue weighted by molar-refractivity contribution is 0.411. The van der Waals surface area contributed by atoms with Crippen molar-refractivity contribution in [1.82, 2.24) is 0 Å². The van der Waals surface area contributed by atoms with Gasteiger partial charge in [0.05, 0.1) is 7.11 Å². The molecule has 5 heteroatoms. The van der Waals surface area contributed by atoms with Gasteiger partial charge in [-0.2, -0.15) is 0 Å². The van der Waals surface area contributed by atoms with Crippen molar-refractivity contribution in [2.75, 3.05) is 12.8 Å². The number of rotatable bonds is 3. The third-order valence-corrected chi connectivity index (χ3v) is 2.31. The molecule has 2 N–H and O–H groups in total. The quantitative estimate of drug-likeness (QED) is 0.851. The predicted octanol–water partition coefficient (Wildman–Crippen LogP) is 3.35. The molecular formula is C13H11F2NO2. The molecule has 94 valence electrons. The van der Waals surface area contributed by atoms with Crippen LogP contribution in [0.4, 0.5) is 14.5 Å². The van der Waals surface area contributed by atoms with E-state index < -0.39 is 11.6 Å². The fourth-order valence-corrected chi connectivity index (χ4v) is 1.51. The molecule has 0 amide bonds. The number of anilines is 1. The summed E-state index contributed by atoms with van der Waals surface area (Å²) in [7, 11) is 1.47. The van der Waals surface area contributed by atoms with Crippen LogP contribution in [0.3, 0.4) is 0 Å². The van der Waals surface area contributed by atoms with Gasteiger partial charge in [0.2, 0.25) is 0 Å². The van der Waals surface area contributed by atoms with Gasteiger partial charge in [0.15, 0.2) is 5.75 Å². The summed E-state index contributed by atoms with van der Waals surface area (Å²) in [6.45, 7) is 0. The van der Waals surface area contributed by atoms with Gasteiger partial charge in [-0.05, 0) is 12.1 Å². The van der Waals surface area contributed by atoms with E-state index in [0.717, 1.165) is 18.2 Å². The maximum absolute atomic E-state index is 13.0. The Labute approximate surface area is 103 Å². The van der Waals surface area contributed by atoms with E-state index in [4.69, 9.17) is 15.2 Å². The van der Waals surface area contributed by atoms with E-state index in [1.807, 2.05) is 0 Å². The minimum atomic E-state index is -0.716. The van der Waals surface area contributed by atoms with Crippen LogP contribution >= 0.6 is 0 Å². The molecule has 0 fully saturated rings. The Morgan fingerprint density at radius 3 is 2.22 bits per heavy atom.